The summed E-state index contributed by atoms with van der Waals surface area (Å²) in [5.74, 6) is -1.23. The minimum atomic E-state index is -5.23. The number of benzene rings is 1. The summed E-state index contributed by atoms with van der Waals surface area (Å²) in [5.41, 5.74) is -0.0592. The van der Waals surface area contributed by atoms with Crippen LogP contribution in [0.5, 0.6) is 0 Å². The van der Waals surface area contributed by atoms with Crippen LogP contribution in [0, 0.1) is 0 Å². The Labute approximate surface area is 155 Å². The molecule has 19 heavy (non-hydrogen) atoms. The van der Waals surface area contributed by atoms with Gasteiger partial charge in [0.15, 0.2) is 0 Å². The van der Waals surface area contributed by atoms with Gasteiger partial charge in [-0.25, -0.2) is 13.9 Å². The minimum Gasteiger partial charge on any atom is -1.00 e. The SMILES string of the molecule is O=C(OP(=O)(O)OP(=O)(O)O)c1ccccc1.[H-].[H-].[Na+].[Na+]. The average molecular weight is 330 g/mol. The molecule has 1 aromatic carbocycles. The molecule has 0 fully saturated rings. The Morgan fingerprint density at radius 1 is 1.05 bits per heavy atom. The van der Waals surface area contributed by atoms with E-state index in [0.717, 1.165) is 0 Å². The van der Waals surface area contributed by atoms with E-state index in [0.29, 0.717) is 0 Å². The Kier molecular flexibility index (Phi) is 10.7. The number of carbonyl (C=O) groups is 1. The van der Waals surface area contributed by atoms with Gasteiger partial charge >= 0.3 is 80.7 Å². The first-order valence-electron chi connectivity index (χ1n) is 4.08. The van der Waals surface area contributed by atoms with Crippen molar-refractivity contribution in [2.75, 3.05) is 0 Å². The first-order valence-corrected chi connectivity index (χ1v) is 7.11. The summed E-state index contributed by atoms with van der Waals surface area (Å²) in [6.07, 6.45) is 0. The second kappa shape index (κ2) is 9.10. The third-order valence-corrected chi connectivity index (χ3v) is 3.49. The topological polar surface area (TPSA) is 130 Å². The maximum absolute atomic E-state index is 11.3. The molecule has 0 saturated carbocycles. The van der Waals surface area contributed by atoms with E-state index < -0.39 is 21.6 Å². The Balaban J connectivity index is -0.000000361. The van der Waals surface area contributed by atoms with Gasteiger partial charge in [0.2, 0.25) is 0 Å². The summed E-state index contributed by atoms with van der Waals surface area (Å²) < 4.78 is 28.7. The molecule has 0 aliphatic rings. The van der Waals surface area contributed by atoms with Crippen molar-refractivity contribution in [3.63, 3.8) is 0 Å². The molecule has 0 heterocycles. The summed E-state index contributed by atoms with van der Waals surface area (Å²) >= 11 is 0. The van der Waals surface area contributed by atoms with Crippen molar-refractivity contribution in [2.45, 2.75) is 0 Å². The van der Waals surface area contributed by atoms with Crippen molar-refractivity contribution in [3.05, 3.63) is 35.9 Å². The van der Waals surface area contributed by atoms with E-state index in [-0.39, 0.29) is 67.5 Å². The first kappa shape index (κ1) is 22.3. The van der Waals surface area contributed by atoms with Gasteiger partial charge in [0.25, 0.3) is 0 Å². The maximum Gasteiger partial charge on any atom is 1.00 e. The quantitative estimate of drug-likeness (QED) is 0.371. The molecule has 0 radical (unpaired) electrons. The molecule has 0 aromatic heterocycles. The molecule has 0 aliphatic heterocycles. The second-order valence-electron chi connectivity index (χ2n) is 2.79. The summed E-state index contributed by atoms with van der Waals surface area (Å²) in [4.78, 5) is 36.7. The minimum absolute atomic E-state index is 0. The van der Waals surface area contributed by atoms with Crippen molar-refractivity contribution in [2.24, 2.45) is 0 Å². The number of hydrogen-bond acceptors (Lipinski definition) is 5. The van der Waals surface area contributed by atoms with Crippen molar-refractivity contribution in [3.8, 4) is 0 Å². The van der Waals surface area contributed by atoms with E-state index in [2.05, 4.69) is 8.83 Å². The average Bonchev–Trinajstić information content (AvgIpc) is 2.14. The normalized spacial score (nSPS) is 13.4. The predicted molar refractivity (Wildman–Crippen MR) is 57.0 cm³/mol. The standard InChI is InChI=1S/C7H8O8P2.2Na.2H/c8-7(6-4-2-1-3-5-6)14-17(12,13)15-16(9,10)11;;;;/h1-5H,(H,12,13)(H2,9,10,11);;;;/q;2*+1;2*-1. The molecule has 1 rings (SSSR count). The monoisotopic (exact) mass is 330 g/mol. The van der Waals surface area contributed by atoms with Crippen LogP contribution in [0.2, 0.25) is 0 Å². The second-order valence-corrected chi connectivity index (χ2v) is 5.54. The van der Waals surface area contributed by atoms with Gasteiger partial charge in [0, 0.05) is 0 Å². The molecule has 1 aromatic rings. The molecule has 12 heteroatoms. The summed E-state index contributed by atoms with van der Waals surface area (Å²) in [6, 6.07) is 7.13. The molecule has 3 N–H and O–H groups in total. The predicted octanol–water partition coefficient (Wildman–Crippen LogP) is -4.71. The molecule has 0 bridgehead atoms. The molecule has 0 aliphatic carbocycles. The van der Waals surface area contributed by atoms with Gasteiger partial charge in [-0.2, -0.15) is 4.31 Å². The molecule has 1 unspecified atom stereocenters. The van der Waals surface area contributed by atoms with E-state index in [1.165, 1.54) is 24.3 Å². The number of phosphoric acid groups is 2. The van der Waals surface area contributed by atoms with Crippen LogP contribution in [0.3, 0.4) is 0 Å². The molecule has 1 atom stereocenters. The molecular formula is C7H10Na2O8P2. The Bertz CT molecular complexity index is 511. The van der Waals surface area contributed by atoms with E-state index in [1.54, 1.807) is 6.07 Å². The van der Waals surface area contributed by atoms with Crippen LogP contribution in [0.1, 0.15) is 13.2 Å². The third kappa shape index (κ3) is 9.52. The van der Waals surface area contributed by atoms with Gasteiger partial charge < -0.3 is 17.2 Å². The van der Waals surface area contributed by atoms with Gasteiger partial charge in [-0.3, -0.25) is 4.89 Å². The smallest absolute Gasteiger partial charge is 1.00 e. The van der Waals surface area contributed by atoms with Gasteiger partial charge in [0.1, 0.15) is 0 Å². The number of hydrogen-bond donors (Lipinski definition) is 3. The van der Waals surface area contributed by atoms with Gasteiger partial charge in [-0.05, 0) is 12.1 Å². The molecule has 8 nitrogen and oxygen atoms in total. The van der Waals surface area contributed by atoms with Gasteiger partial charge in [-0.15, -0.1) is 0 Å². The molecule has 0 saturated heterocycles. The van der Waals surface area contributed by atoms with Crippen molar-refractivity contribution in [1.82, 2.24) is 0 Å². The third-order valence-electron chi connectivity index (χ3n) is 1.42. The zero-order valence-electron chi connectivity index (χ0n) is 12.2. The molecule has 0 amide bonds. The molecule has 98 valence electrons. The van der Waals surface area contributed by atoms with E-state index in [4.69, 9.17) is 14.7 Å². The van der Waals surface area contributed by atoms with Crippen LogP contribution in [-0.2, 0) is 18.0 Å². The van der Waals surface area contributed by atoms with Crippen molar-refractivity contribution >= 4 is 21.6 Å². The summed E-state index contributed by atoms with van der Waals surface area (Å²) in [7, 11) is -10.4. The van der Waals surface area contributed by atoms with Crippen LogP contribution >= 0.6 is 15.6 Å². The summed E-state index contributed by atoms with van der Waals surface area (Å²) in [5, 5.41) is 0. The fourth-order valence-corrected chi connectivity index (χ4v) is 2.41. The number of rotatable bonds is 4. The fourth-order valence-electron chi connectivity index (χ4n) is 0.883. The van der Waals surface area contributed by atoms with E-state index in [1.807, 2.05) is 0 Å². The maximum atomic E-state index is 11.3. The summed E-state index contributed by atoms with van der Waals surface area (Å²) in [6.45, 7) is 0. The van der Waals surface area contributed by atoms with Gasteiger partial charge in [-0.1, -0.05) is 18.2 Å². The van der Waals surface area contributed by atoms with Crippen LogP contribution in [0.4, 0.5) is 0 Å². The zero-order valence-corrected chi connectivity index (χ0v) is 16.0. The Hall–Kier alpha value is 0.990. The fraction of sp³-hybridized carbons (Fsp3) is 0. The van der Waals surface area contributed by atoms with E-state index in [9.17, 15) is 13.9 Å². The van der Waals surface area contributed by atoms with Gasteiger partial charge in [0.05, 0.1) is 5.56 Å². The molecular weight excluding hydrogens is 320 g/mol. The van der Waals surface area contributed by atoms with Crippen LogP contribution in [0.25, 0.3) is 0 Å². The Morgan fingerprint density at radius 2 is 1.53 bits per heavy atom. The largest absolute Gasteiger partial charge is 1.00 e. The zero-order chi connectivity index (χ0) is 13.1. The van der Waals surface area contributed by atoms with E-state index >= 15 is 0 Å². The number of phosphoric ester groups is 1. The molecule has 0 spiro atoms. The first-order chi connectivity index (χ1) is 7.70. The van der Waals surface area contributed by atoms with Crippen molar-refractivity contribution < 1.29 is 99.4 Å². The van der Waals surface area contributed by atoms with Crippen LogP contribution < -0.4 is 59.1 Å². The van der Waals surface area contributed by atoms with Crippen molar-refractivity contribution in [1.29, 1.82) is 0 Å². The van der Waals surface area contributed by atoms with Crippen LogP contribution in [0.15, 0.2) is 30.3 Å². The Morgan fingerprint density at radius 3 is 1.95 bits per heavy atom. The van der Waals surface area contributed by atoms with Crippen LogP contribution in [-0.4, -0.2) is 20.6 Å². The number of carbonyl (C=O) groups excluding carboxylic acids is 1.